The number of rotatable bonds is 10. The number of amides is 1. The van der Waals surface area contributed by atoms with Gasteiger partial charge in [-0.25, -0.2) is 8.42 Å². The number of unbranched alkanes of at least 4 members (excludes halogenated alkanes) is 1. The van der Waals surface area contributed by atoms with Gasteiger partial charge in [0.15, 0.2) is 0 Å². The molecule has 0 aliphatic carbocycles. The van der Waals surface area contributed by atoms with Crippen molar-refractivity contribution in [1.82, 2.24) is 4.31 Å². The molecule has 2 aromatic carbocycles. The molecule has 0 spiro atoms. The quantitative estimate of drug-likeness (QED) is 0.567. The van der Waals surface area contributed by atoms with Crippen LogP contribution in [0.3, 0.4) is 0 Å². The number of ether oxygens (including phenoxy) is 1. The third kappa shape index (κ3) is 6.54. The molecule has 0 atom stereocenters. The van der Waals surface area contributed by atoms with Crippen molar-refractivity contribution in [3.63, 3.8) is 0 Å². The molecule has 0 radical (unpaired) electrons. The van der Waals surface area contributed by atoms with E-state index in [0.29, 0.717) is 55.3 Å². The molecule has 1 amide bonds. The van der Waals surface area contributed by atoms with Crippen LogP contribution in [0.4, 0.5) is 5.69 Å². The van der Waals surface area contributed by atoms with E-state index in [1.807, 2.05) is 0 Å². The Morgan fingerprint density at radius 3 is 2.58 bits per heavy atom. The first-order valence-electron chi connectivity index (χ1n) is 10.5. The Kier molecular flexibility index (Phi) is 8.04. The van der Waals surface area contributed by atoms with Gasteiger partial charge < -0.3 is 10.1 Å². The van der Waals surface area contributed by atoms with Crippen molar-refractivity contribution in [2.45, 2.75) is 43.4 Å². The summed E-state index contributed by atoms with van der Waals surface area (Å²) in [4.78, 5) is 12.6. The standard InChI is InChI=1S/C23H27N3O4S/c24-14-1-4-17-30-21-7-5-6-20(18-21)25-23(27)13-10-19-8-11-22(12-9-19)31(28,29)26-15-2-3-16-26/h5-9,11-12,18H,1-4,10,13,15-17H2,(H,25,27). The highest BCUT2D eigenvalue weighted by molar-refractivity contribution is 7.89. The molecule has 1 saturated heterocycles. The minimum absolute atomic E-state index is 0.129. The maximum Gasteiger partial charge on any atom is 0.243 e. The summed E-state index contributed by atoms with van der Waals surface area (Å²) >= 11 is 0. The van der Waals surface area contributed by atoms with Gasteiger partial charge in [0.25, 0.3) is 0 Å². The van der Waals surface area contributed by atoms with Gasteiger partial charge in [0.05, 0.1) is 17.6 Å². The number of anilines is 1. The summed E-state index contributed by atoms with van der Waals surface area (Å²) in [6, 6.07) is 16.0. The van der Waals surface area contributed by atoms with Gasteiger partial charge in [-0.2, -0.15) is 9.57 Å². The lowest BCUT2D eigenvalue weighted by molar-refractivity contribution is -0.116. The number of carbonyl (C=O) groups excluding carboxylic acids is 1. The molecule has 3 rings (SSSR count). The van der Waals surface area contributed by atoms with Gasteiger partial charge in [-0.1, -0.05) is 18.2 Å². The molecule has 1 heterocycles. The Labute approximate surface area is 183 Å². The Morgan fingerprint density at radius 1 is 1.13 bits per heavy atom. The summed E-state index contributed by atoms with van der Waals surface area (Å²) in [5.74, 6) is 0.515. The first-order chi connectivity index (χ1) is 15.0. The molecule has 1 N–H and O–H groups in total. The van der Waals surface area contributed by atoms with Gasteiger partial charge in [0.1, 0.15) is 5.75 Å². The molecule has 0 saturated carbocycles. The van der Waals surface area contributed by atoms with Gasteiger partial charge in [0.2, 0.25) is 15.9 Å². The topological polar surface area (TPSA) is 99.5 Å². The van der Waals surface area contributed by atoms with Crippen molar-refractivity contribution in [2.24, 2.45) is 0 Å². The van der Waals surface area contributed by atoms with Crippen LogP contribution in [-0.2, 0) is 21.2 Å². The Hall–Kier alpha value is -2.89. The van der Waals surface area contributed by atoms with Gasteiger partial charge in [-0.3, -0.25) is 4.79 Å². The van der Waals surface area contributed by atoms with Crippen LogP contribution < -0.4 is 10.1 Å². The summed E-state index contributed by atoms with van der Waals surface area (Å²) in [6.45, 7) is 1.61. The number of aryl methyl sites for hydroxylation is 1. The maximum absolute atomic E-state index is 12.6. The van der Waals surface area contributed by atoms with Crippen LogP contribution in [0, 0.1) is 11.3 Å². The number of carbonyl (C=O) groups is 1. The number of hydrogen-bond donors (Lipinski definition) is 1. The van der Waals surface area contributed by atoms with E-state index < -0.39 is 10.0 Å². The Morgan fingerprint density at radius 2 is 1.87 bits per heavy atom. The molecule has 1 fully saturated rings. The average Bonchev–Trinajstić information content (AvgIpc) is 3.32. The van der Waals surface area contributed by atoms with E-state index in [1.54, 1.807) is 48.5 Å². The predicted octanol–water partition coefficient (Wildman–Crippen LogP) is 3.72. The summed E-state index contributed by atoms with van der Waals surface area (Å²) < 4.78 is 32.3. The number of hydrogen-bond acceptors (Lipinski definition) is 5. The molecule has 0 aromatic heterocycles. The lowest BCUT2D eigenvalue weighted by Gasteiger charge is -2.15. The molecule has 1 aliphatic rings. The third-order valence-electron chi connectivity index (χ3n) is 5.09. The molecule has 8 heteroatoms. The van der Waals surface area contributed by atoms with Crippen molar-refractivity contribution in [3.8, 4) is 11.8 Å². The fourth-order valence-corrected chi connectivity index (χ4v) is 4.91. The molecule has 31 heavy (non-hydrogen) atoms. The summed E-state index contributed by atoms with van der Waals surface area (Å²) in [7, 11) is -3.42. The van der Waals surface area contributed by atoms with Crippen molar-refractivity contribution < 1.29 is 17.9 Å². The zero-order chi connectivity index (χ0) is 22.1. The van der Waals surface area contributed by atoms with Gasteiger partial charge in [-0.05, 0) is 55.5 Å². The van der Waals surface area contributed by atoms with Crippen molar-refractivity contribution in [2.75, 3.05) is 25.0 Å². The van der Waals surface area contributed by atoms with E-state index in [1.165, 1.54) is 4.31 Å². The Balaban J connectivity index is 1.49. The van der Waals surface area contributed by atoms with E-state index in [4.69, 9.17) is 10.00 Å². The SMILES string of the molecule is N#CCCCOc1cccc(NC(=O)CCc2ccc(S(=O)(=O)N3CCCC3)cc2)c1. The first kappa shape index (κ1) is 22.8. The van der Waals surface area contributed by atoms with Gasteiger partial charge in [0, 0.05) is 37.7 Å². The third-order valence-corrected chi connectivity index (χ3v) is 7.00. The highest BCUT2D eigenvalue weighted by atomic mass is 32.2. The van der Waals surface area contributed by atoms with E-state index in [2.05, 4.69) is 11.4 Å². The van der Waals surface area contributed by atoms with Crippen LogP contribution >= 0.6 is 0 Å². The fourth-order valence-electron chi connectivity index (χ4n) is 3.39. The van der Waals surface area contributed by atoms with Crippen molar-refractivity contribution >= 4 is 21.6 Å². The van der Waals surface area contributed by atoms with Crippen LogP contribution in [0.1, 0.15) is 37.7 Å². The largest absolute Gasteiger partial charge is 0.493 e. The first-order valence-corrected chi connectivity index (χ1v) is 11.9. The van der Waals surface area contributed by atoms with Crippen LogP contribution in [-0.4, -0.2) is 38.3 Å². The van der Waals surface area contributed by atoms with Crippen molar-refractivity contribution in [3.05, 3.63) is 54.1 Å². The predicted molar refractivity (Wildman–Crippen MR) is 118 cm³/mol. The van der Waals surface area contributed by atoms with Gasteiger partial charge in [-0.15, -0.1) is 0 Å². The van der Waals surface area contributed by atoms with Crippen LogP contribution in [0.2, 0.25) is 0 Å². The zero-order valence-corrected chi connectivity index (χ0v) is 18.2. The highest BCUT2D eigenvalue weighted by Gasteiger charge is 2.26. The van der Waals surface area contributed by atoms with Crippen LogP contribution in [0.15, 0.2) is 53.4 Å². The number of nitrogens with one attached hydrogen (secondary N) is 1. The smallest absolute Gasteiger partial charge is 0.243 e. The molecular weight excluding hydrogens is 414 g/mol. The summed E-state index contributed by atoms with van der Waals surface area (Å²) in [5.41, 5.74) is 1.56. The second-order valence-corrected chi connectivity index (χ2v) is 9.38. The lowest BCUT2D eigenvalue weighted by Crippen LogP contribution is -2.27. The summed E-state index contributed by atoms with van der Waals surface area (Å²) in [5, 5.41) is 11.4. The molecular formula is C23H27N3O4S. The molecule has 164 valence electrons. The normalized spacial score (nSPS) is 14.2. The Bertz CT molecular complexity index is 1020. The van der Waals surface area contributed by atoms with E-state index >= 15 is 0 Å². The molecule has 7 nitrogen and oxygen atoms in total. The second kappa shape index (κ2) is 10.9. The number of sulfonamides is 1. The van der Waals surface area contributed by atoms with Crippen LogP contribution in [0.25, 0.3) is 0 Å². The number of benzene rings is 2. The molecule has 0 bridgehead atoms. The zero-order valence-electron chi connectivity index (χ0n) is 17.4. The number of nitrogens with zero attached hydrogens (tertiary/aromatic N) is 2. The van der Waals surface area contributed by atoms with Crippen LogP contribution in [0.5, 0.6) is 5.75 Å². The number of nitriles is 1. The summed E-state index contributed by atoms with van der Waals surface area (Å²) in [6.07, 6.45) is 3.71. The minimum atomic E-state index is -3.42. The van der Waals surface area contributed by atoms with E-state index in [0.717, 1.165) is 18.4 Å². The lowest BCUT2D eigenvalue weighted by atomic mass is 10.1. The van der Waals surface area contributed by atoms with E-state index in [9.17, 15) is 13.2 Å². The molecule has 0 unspecified atom stereocenters. The second-order valence-electron chi connectivity index (χ2n) is 7.44. The van der Waals surface area contributed by atoms with Crippen molar-refractivity contribution in [1.29, 1.82) is 5.26 Å². The molecule has 1 aliphatic heterocycles. The minimum Gasteiger partial charge on any atom is -0.493 e. The molecule has 2 aromatic rings. The fraction of sp³-hybridized carbons (Fsp3) is 0.391. The van der Waals surface area contributed by atoms with Gasteiger partial charge >= 0.3 is 0 Å². The van der Waals surface area contributed by atoms with E-state index in [-0.39, 0.29) is 12.3 Å². The maximum atomic E-state index is 12.6. The monoisotopic (exact) mass is 441 g/mol. The highest BCUT2D eigenvalue weighted by Crippen LogP contribution is 2.22. The average molecular weight is 442 g/mol.